The van der Waals surface area contributed by atoms with E-state index >= 15 is 0 Å². The van der Waals surface area contributed by atoms with Crippen molar-refractivity contribution in [1.82, 2.24) is 5.32 Å². The van der Waals surface area contributed by atoms with Gasteiger partial charge in [-0.15, -0.1) is 22.7 Å². The fourth-order valence-corrected chi connectivity index (χ4v) is 6.25. The largest absolute Gasteiger partial charge is 0.288 e. The Labute approximate surface area is 185 Å². The molecule has 0 saturated carbocycles. The van der Waals surface area contributed by atoms with Crippen LogP contribution in [0.15, 0.2) is 104 Å². The zero-order valence-electron chi connectivity index (χ0n) is 15.2. The summed E-state index contributed by atoms with van der Waals surface area (Å²) in [7, 11) is 3.66. The second-order valence-corrected chi connectivity index (χ2v) is 10.2. The fourth-order valence-electron chi connectivity index (χ4n) is 2.13. The molecule has 2 amide bonds. The van der Waals surface area contributed by atoms with E-state index in [0.717, 1.165) is 0 Å². The summed E-state index contributed by atoms with van der Waals surface area (Å²) < 4.78 is 2.74. The highest BCUT2D eigenvalue weighted by Gasteiger charge is 2.10. The molecule has 0 unspecified atom stereocenters. The average Bonchev–Trinajstić information content (AvgIpc) is 3.48. The van der Waals surface area contributed by atoms with Gasteiger partial charge < -0.3 is 0 Å². The van der Waals surface area contributed by atoms with Crippen LogP contribution in [0.2, 0.25) is 0 Å². The Balaban J connectivity index is 0.000000176. The minimum atomic E-state index is -0.389. The normalized spacial score (nSPS) is 9.93. The summed E-state index contributed by atoms with van der Waals surface area (Å²) in [6.07, 6.45) is 0. The lowest BCUT2D eigenvalue weighted by Crippen LogP contribution is -2.30. The van der Waals surface area contributed by atoms with Crippen molar-refractivity contribution < 1.29 is 9.59 Å². The Hall–Kier alpha value is -2.32. The van der Waals surface area contributed by atoms with Crippen LogP contribution in [0.5, 0.6) is 0 Å². The van der Waals surface area contributed by atoms with E-state index in [1.54, 1.807) is 71.2 Å². The average molecular weight is 456 g/mol. The number of hydrogen-bond acceptors (Lipinski definition) is 6. The molecule has 29 heavy (non-hydrogen) atoms. The lowest BCUT2D eigenvalue weighted by molar-refractivity contribution is 0.0849. The molecule has 0 aliphatic carbocycles. The lowest BCUT2D eigenvalue weighted by Gasteiger charge is -2.03. The zero-order chi connectivity index (χ0) is 20.3. The molecule has 0 fully saturated rings. The number of rotatable bonds is 5. The van der Waals surface area contributed by atoms with Gasteiger partial charge in [0, 0.05) is 11.1 Å². The van der Waals surface area contributed by atoms with Crippen LogP contribution in [-0.4, -0.2) is 11.8 Å². The Morgan fingerprint density at radius 3 is 1.34 bits per heavy atom. The van der Waals surface area contributed by atoms with Crippen molar-refractivity contribution in [3.05, 3.63) is 107 Å². The van der Waals surface area contributed by atoms with Crippen LogP contribution in [0.3, 0.4) is 0 Å². The minimum Gasteiger partial charge on any atom is -0.288 e. The van der Waals surface area contributed by atoms with Gasteiger partial charge in [0.15, 0.2) is 0 Å². The van der Waals surface area contributed by atoms with E-state index in [-0.39, 0.29) is 11.8 Å². The summed E-state index contributed by atoms with van der Waals surface area (Å²) in [4.78, 5) is 23.4. The predicted molar refractivity (Wildman–Crippen MR) is 125 cm³/mol. The van der Waals surface area contributed by atoms with Gasteiger partial charge in [-0.25, -0.2) is 0 Å². The van der Waals surface area contributed by atoms with Gasteiger partial charge >= 0.3 is 0 Å². The minimum absolute atomic E-state index is 0.389. The maximum absolute atomic E-state index is 11.7. The second-order valence-electron chi connectivity index (χ2n) is 5.55. The van der Waals surface area contributed by atoms with Crippen LogP contribution in [0.1, 0.15) is 20.7 Å². The van der Waals surface area contributed by atoms with Gasteiger partial charge in [-0.05, 0) is 68.7 Å². The highest BCUT2D eigenvalue weighted by molar-refractivity contribution is 8.77. The number of thiophene rings is 2. The molecular weight excluding hydrogens is 439 g/mol. The van der Waals surface area contributed by atoms with Crippen molar-refractivity contribution in [3.63, 3.8) is 0 Å². The van der Waals surface area contributed by atoms with Crippen LogP contribution < -0.4 is 5.32 Å². The zero-order valence-corrected chi connectivity index (χ0v) is 18.5. The highest BCUT2D eigenvalue weighted by Crippen LogP contribution is 2.41. The molecule has 0 bridgehead atoms. The first-order chi connectivity index (χ1) is 14.2. The molecule has 4 aromatic rings. The van der Waals surface area contributed by atoms with E-state index in [1.165, 1.54) is 8.42 Å². The standard InChI is InChI=1S/C14H11NO2.C8H6S4/c16-13(11-7-3-1-4-8-11)15-14(17)12-9-5-2-6-10-12;1-3-7(9-5-1)11-12-8-4-2-6-10-8/h1-10H,(H,15,16,17);1-6H. The molecule has 0 spiro atoms. The number of nitrogens with one attached hydrogen (secondary N) is 1. The number of benzene rings is 2. The summed E-state index contributed by atoms with van der Waals surface area (Å²) in [5.41, 5.74) is 0.938. The summed E-state index contributed by atoms with van der Waals surface area (Å²) in [5, 5.41) is 6.55. The maximum Gasteiger partial charge on any atom is 0.258 e. The van der Waals surface area contributed by atoms with Crippen LogP contribution in [0.25, 0.3) is 0 Å². The van der Waals surface area contributed by atoms with Crippen molar-refractivity contribution >= 4 is 56.1 Å². The number of imide groups is 1. The first-order valence-corrected chi connectivity index (χ1v) is 12.5. The Kier molecular flexibility index (Phi) is 8.58. The van der Waals surface area contributed by atoms with Crippen molar-refractivity contribution in [1.29, 1.82) is 0 Å². The summed E-state index contributed by atoms with van der Waals surface area (Å²) in [6.45, 7) is 0. The third-order valence-corrected chi connectivity index (χ3v) is 8.54. The molecular formula is C22H17NO2S4. The number of amides is 2. The summed E-state index contributed by atoms with van der Waals surface area (Å²) in [6, 6.07) is 25.7. The van der Waals surface area contributed by atoms with Gasteiger partial charge in [0.1, 0.15) is 0 Å². The van der Waals surface area contributed by atoms with Gasteiger partial charge in [-0.2, -0.15) is 0 Å². The van der Waals surface area contributed by atoms with E-state index < -0.39 is 0 Å². The molecule has 2 aromatic heterocycles. The van der Waals surface area contributed by atoms with Crippen molar-refractivity contribution in [2.75, 3.05) is 0 Å². The number of carbonyl (C=O) groups excluding carboxylic acids is 2. The van der Waals surface area contributed by atoms with Crippen molar-refractivity contribution in [2.45, 2.75) is 8.42 Å². The third-order valence-electron chi connectivity index (χ3n) is 3.50. The predicted octanol–water partition coefficient (Wildman–Crippen LogP) is 6.87. The second kappa shape index (κ2) is 11.6. The van der Waals surface area contributed by atoms with Gasteiger partial charge in [-0.1, -0.05) is 48.5 Å². The van der Waals surface area contributed by atoms with Crippen molar-refractivity contribution in [3.8, 4) is 0 Å². The van der Waals surface area contributed by atoms with Crippen LogP contribution >= 0.6 is 44.3 Å². The molecule has 2 heterocycles. The first kappa shape index (κ1) is 21.4. The monoisotopic (exact) mass is 455 g/mol. The molecule has 146 valence electrons. The Bertz CT molecular complexity index is 918. The van der Waals surface area contributed by atoms with E-state index in [9.17, 15) is 9.59 Å². The molecule has 7 heteroatoms. The molecule has 0 aliphatic heterocycles. The molecule has 0 saturated heterocycles. The molecule has 2 aromatic carbocycles. The molecule has 4 rings (SSSR count). The lowest BCUT2D eigenvalue weighted by atomic mass is 10.2. The molecule has 3 nitrogen and oxygen atoms in total. The topological polar surface area (TPSA) is 46.2 Å². The van der Waals surface area contributed by atoms with E-state index in [1.807, 2.05) is 33.7 Å². The smallest absolute Gasteiger partial charge is 0.258 e. The fraction of sp³-hybridized carbons (Fsp3) is 0. The van der Waals surface area contributed by atoms with E-state index in [4.69, 9.17) is 0 Å². The maximum atomic E-state index is 11.7. The Morgan fingerprint density at radius 2 is 1.00 bits per heavy atom. The number of carbonyl (C=O) groups is 2. The molecule has 0 atom stereocenters. The summed E-state index contributed by atoms with van der Waals surface area (Å²) in [5.74, 6) is -0.779. The summed E-state index contributed by atoms with van der Waals surface area (Å²) >= 11 is 3.58. The van der Waals surface area contributed by atoms with Crippen LogP contribution in [0, 0.1) is 0 Å². The van der Waals surface area contributed by atoms with E-state index in [0.29, 0.717) is 11.1 Å². The van der Waals surface area contributed by atoms with Crippen molar-refractivity contribution in [2.24, 2.45) is 0 Å². The SMILES string of the molecule is O=C(NC(=O)c1ccccc1)c1ccccc1.c1csc(SSc2cccs2)c1. The van der Waals surface area contributed by atoms with Gasteiger partial charge in [0.05, 0.1) is 8.42 Å². The van der Waals surface area contributed by atoms with E-state index in [2.05, 4.69) is 40.3 Å². The van der Waals surface area contributed by atoms with Gasteiger partial charge in [0.2, 0.25) is 0 Å². The van der Waals surface area contributed by atoms with Crippen LogP contribution in [-0.2, 0) is 0 Å². The molecule has 0 radical (unpaired) electrons. The Morgan fingerprint density at radius 1 is 0.586 bits per heavy atom. The highest BCUT2D eigenvalue weighted by atomic mass is 33.1. The molecule has 1 N–H and O–H groups in total. The third kappa shape index (κ3) is 7.21. The van der Waals surface area contributed by atoms with Gasteiger partial charge in [-0.3, -0.25) is 14.9 Å². The quantitative estimate of drug-likeness (QED) is 0.264. The van der Waals surface area contributed by atoms with Crippen LogP contribution in [0.4, 0.5) is 0 Å². The number of hydrogen-bond donors (Lipinski definition) is 1. The van der Waals surface area contributed by atoms with Gasteiger partial charge in [0.25, 0.3) is 11.8 Å². The molecule has 0 aliphatic rings. The first-order valence-electron chi connectivity index (χ1n) is 8.59.